The number of nitro benzene ring substituents is 1. The first kappa shape index (κ1) is 13.9. The Hall–Kier alpha value is -2.53. The minimum Gasteiger partial charge on any atom is -0.399 e. The molecule has 0 fully saturated rings. The van der Waals surface area contributed by atoms with E-state index in [-0.39, 0.29) is 18.1 Å². The molecule has 2 rings (SSSR count). The highest BCUT2D eigenvalue weighted by atomic mass is 32.2. The van der Waals surface area contributed by atoms with Crippen molar-refractivity contribution in [1.29, 1.82) is 0 Å². The lowest BCUT2D eigenvalue weighted by molar-refractivity contribution is -0.387. The summed E-state index contributed by atoms with van der Waals surface area (Å²) >= 11 is 0. The molecule has 0 unspecified atom stereocenters. The molecule has 0 saturated heterocycles. The fraction of sp³-hybridized carbons (Fsp3) is 0.111. The minimum atomic E-state index is -4.10. The van der Waals surface area contributed by atoms with Gasteiger partial charge in [0.15, 0.2) is 10.7 Å². The molecule has 0 aliphatic heterocycles. The molecule has 0 atom stereocenters. The number of nitrogens with zero attached hydrogens (tertiary/aromatic N) is 3. The van der Waals surface area contributed by atoms with Crippen molar-refractivity contribution in [2.24, 2.45) is 0 Å². The number of rotatable bonds is 5. The Balaban J connectivity index is 2.31. The molecule has 1 aromatic heterocycles. The largest absolute Gasteiger partial charge is 0.399 e. The molecule has 106 valence electrons. The second-order valence-corrected chi connectivity index (χ2v) is 5.39. The van der Waals surface area contributed by atoms with Crippen molar-refractivity contribution in [2.75, 3.05) is 5.73 Å². The van der Waals surface area contributed by atoms with Crippen molar-refractivity contribution in [3.63, 3.8) is 0 Å². The Labute approximate surface area is 112 Å². The van der Waals surface area contributed by atoms with Crippen molar-refractivity contribution in [3.8, 4) is 0 Å². The third-order valence-corrected chi connectivity index (χ3v) is 3.75. The zero-order valence-corrected chi connectivity index (χ0v) is 10.7. The summed E-state index contributed by atoms with van der Waals surface area (Å²) in [6.45, 7) is -0.250. The van der Waals surface area contributed by atoms with Gasteiger partial charge < -0.3 is 10.3 Å². The predicted octanol–water partition coefficient (Wildman–Crippen LogP) is 0.0385. The average molecular weight is 299 g/mol. The number of sulfonamides is 1. The number of nitrogens with two attached hydrogens (primary N) is 1. The van der Waals surface area contributed by atoms with Crippen LogP contribution in [0.25, 0.3) is 0 Å². The molecule has 20 heavy (non-hydrogen) atoms. The number of nitro groups is 1. The summed E-state index contributed by atoms with van der Waals surface area (Å²) in [6.07, 6.45) is 1.04. The van der Waals surface area contributed by atoms with Crippen LogP contribution in [0.3, 0.4) is 0 Å². The van der Waals surface area contributed by atoms with Gasteiger partial charge in [-0.2, -0.15) is 4.98 Å². The molecule has 0 amide bonds. The van der Waals surface area contributed by atoms with E-state index in [1.807, 2.05) is 0 Å². The summed E-state index contributed by atoms with van der Waals surface area (Å²) in [7, 11) is -4.10. The lowest BCUT2D eigenvalue weighted by atomic mass is 10.3. The van der Waals surface area contributed by atoms with Gasteiger partial charge in [0, 0.05) is 11.8 Å². The predicted molar refractivity (Wildman–Crippen MR) is 65.8 cm³/mol. The van der Waals surface area contributed by atoms with Gasteiger partial charge in [-0.3, -0.25) is 10.1 Å². The van der Waals surface area contributed by atoms with E-state index in [0.717, 1.165) is 18.5 Å². The van der Waals surface area contributed by atoms with Gasteiger partial charge in [0.1, 0.15) is 0 Å². The van der Waals surface area contributed by atoms with Gasteiger partial charge in [-0.15, -0.1) is 0 Å². The summed E-state index contributed by atoms with van der Waals surface area (Å²) in [5.74, 6) is 0.103. The number of nitrogens with one attached hydrogen (secondary N) is 1. The lowest BCUT2D eigenvalue weighted by Crippen LogP contribution is -2.24. The van der Waals surface area contributed by atoms with Crippen molar-refractivity contribution in [2.45, 2.75) is 11.4 Å². The Kier molecular flexibility index (Phi) is 3.63. The van der Waals surface area contributed by atoms with E-state index in [9.17, 15) is 18.5 Å². The van der Waals surface area contributed by atoms with Crippen LogP contribution in [0.1, 0.15) is 5.82 Å². The fourth-order valence-electron chi connectivity index (χ4n) is 1.41. The molecule has 1 heterocycles. The minimum absolute atomic E-state index is 0.0915. The number of aromatic nitrogens is 2. The molecule has 3 N–H and O–H groups in total. The van der Waals surface area contributed by atoms with E-state index in [1.54, 1.807) is 0 Å². The van der Waals surface area contributed by atoms with Gasteiger partial charge in [0.25, 0.3) is 5.69 Å². The van der Waals surface area contributed by atoms with Gasteiger partial charge in [0.05, 0.1) is 11.5 Å². The maximum absolute atomic E-state index is 12.0. The third-order valence-electron chi connectivity index (χ3n) is 2.30. The standard InChI is InChI=1S/C9H9N5O5S/c10-6-1-2-8(7(3-6)14(15)16)20(17,18)12-4-9-11-5-19-13-9/h1-3,5,12H,4,10H2. The maximum atomic E-state index is 12.0. The van der Waals surface area contributed by atoms with Crippen molar-refractivity contribution < 1.29 is 17.9 Å². The second-order valence-electron chi connectivity index (χ2n) is 3.66. The van der Waals surface area contributed by atoms with Crippen LogP contribution < -0.4 is 10.5 Å². The van der Waals surface area contributed by atoms with E-state index in [2.05, 4.69) is 19.4 Å². The summed E-state index contributed by atoms with van der Waals surface area (Å²) in [6, 6.07) is 3.30. The first-order chi connectivity index (χ1) is 9.40. The summed E-state index contributed by atoms with van der Waals surface area (Å²) in [5, 5.41) is 14.3. The van der Waals surface area contributed by atoms with Crippen LogP contribution in [-0.2, 0) is 16.6 Å². The normalized spacial score (nSPS) is 11.4. The van der Waals surface area contributed by atoms with E-state index >= 15 is 0 Å². The zero-order chi connectivity index (χ0) is 14.8. The van der Waals surface area contributed by atoms with Crippen molar-refractivity contribution in [3.05, 3.63) is 40.5 Å². The van der Waals surface area contributed by atoms with E-state index in [1.165, 1.54) is 6.07 Å². The molecule has 0 radical (unpaired) electrons. The number of benzene rings is 1. The topological polar surface area (TPSA) is 154 Å². The first-order valence-electron chi connectivity index (χ1n) is 5.19. The maximum Gasteiger partial charge on any atom is 0.291 e. The molecule has 0 aliphatic rings. The monoisotopic (exact) mass is 299 g/mol. The Morgan fingerprint density at radius 2 is 2.20 bits per heavy atom. The highest BCUT2D eigenvalue weighted by Gasteiger charge is 2.26. The highest BCUT2D eigenvalue weighted by Crippen LogP contribution is 2.25. The van der Waals surface area contributed by atoms with Crippen molar-refractivity contribution in [1.82, 2.24) is 14.9 Å². The van der Waals surface area contributed by atoms with Gasteiger partial charge >= 0.3 is 0 Å². The van der Waals surface area contributed by atoms with E-state index in [4.69, 9.17) is 5.73 Å². The van der Waals surface area contributed by atoms with Crippen LogP contribution in [0.5, 0.6) is 0 Å². The van der Waals surface area contributed by atoms with Crippen LogP contribution in [0, 0.1) is 10.1 Å². The smallest absolute Gasteiger partial charge is 0.291 e. The summed E-state index contributed by atoms with van der Waals surface area (Å²) in [4.78, 5) is 13.2. The third kappa shape index (κ3) is 2.89. The SMILES string of the molecule is Nc1ccc(S(=O)(=O)NCc2ncon2)c([N+](=O)[O-])c1. The molecule has 0 bridgehead atoms. The quantitative estimate of drug-likeness (QED) is 0.445. The number of anilines is 1. The highest BCUT2D eigenvalue weighted by molar-refractivity contribution is 7.89. The van der Waals surface area contributed by atoms with Gasteiger partial charge in [0.2, 0.25) is 16.4 Å². The van der Waals surface area contributed by atoms with Crippen LogP contribution in [0.15, 0.2) is 34.0 Å². The molecule has 11 heteroatoms. The molecule has 10 nitrogen and oxygen atoms in total. The number of hydrogen-bond acceptors (Lipinski definition) is 8. The van der Waals surface area contributed by atoms with Crippen LogP contribution in [-0.4, -0.2) is 23.5 Å². The molecule has 2 aromatic rings. The van der Waals surface area contributed by atoms with Gasteiger partial charge in [-0.1, -0.05) is 5.16 Å². The molecule has 0 aliphatic carbocycles. The van der Waals surface area contributed by atoms with Gasteiger partial charge in [-0.25, -0.2) is 13.1 Å². The summed E-state index contributed by atoms with van der Waals surface area (Å²) < 4.78 is 30.6. The fourth-order valence-corrected chi connectivity index (χ4v) is 2.54. The van der Waals surface area contributed by atoms with E-state index in [0.29, 0.717) is 0 Å². The van der Waals surface area contributed by atoms with Gasteiger partial charge in [-0.05, 0) is 12.1 Å². The summed E-state index contributed by atoms with van der Waals surface area (Å²) in [5.41, 5.74) is 4.89. The lowest BCUT2D eigenvalue weighted by Gasteiger charge is -2.06. The number of hydrogen-bond donors (Lipinski definition) is 2. The molecule has 1 aromatic carbocycles. The second kappa shape index (κ2) is 5.22. The van der Waals surface area contributed by atoms with E-state index < -0.39 is 25.5 Å². The number of nitrogen functional groups attached to an aromatic ring is 1. The molecule has 0 spiro atoms. The Morgan fingerprint density at radius 3 is 2.80 bits per heavy atom. The van der Waals surface area contributed by atoms with Crippen molar-refractivity contribution >= 4 is 21.4 Å². The van der Waals surface area contributed by atoms with Crippen LogP contribution in [0.4, 0.5) is 11.4 Å². The molecule has 0 saturated carbocycles. The van der Waals surface area contributed by atoms with Crippen LogP contribution in [0.2, 0.25) is 0 Å². The first-order valence-corrected chi connectivity index (χ1v) is 6.67. The zero-order valence-electron chi connectivity index (χ0n) is 9.88. The molecular weight excluding hydrogens is 290 g/mol. The average Bonchev–Trinajstić information content (AvgIpc) is 2.89. The molecular formula is C9H9N5O5S. The Bertz CT molecular complexity index is 727. The Morgan fingerprint density at radius 1 is 1.45 bits per heavy atom. The van der Waals surface area contributed by atoms with Crippen LogP contribution >= 0.6 is 0 Å².